The number of aryl methyl sites for hydroxylation is 1. The molecule has 0 atom stereocenters. The molecule has 6 heteroatoms. The molecule has 1 aromatic carbocycles. The van der Waals surface area contributed by atoms with Gasteiger partial charge >= 0.3 is 74.9 Å². The molecule has 0 aliphatic rings. The number of ether oxygens (including phenoxy) is 2. The van der Waals surface area contributed by atoms with Crippen LogP contribution in [-0.2, 0) is 22.5 Å². The van der Waals surface area contributed by atoms with Crippen molar-refractivity contribution in [3.8, 4) is 0 Å². The van der Waals surface area contributed by atoms with Crippen molar-refractivity contribution in [2.24, 2.45) is 0 Å². The first-order valence-electron chi connectivity index (χ1n) is 6.00. The molecule has 0 aromatic heterocycles. The molecule has 0 aliphatic carbocycles. The molecule has 5 nitrogen and oxygen atoms in total. The Labute approximate surface area is 177 Å². The van der Waals surface area contributed by atoms with Crippen LogP contribution in [0, 0.1) is 5.41 Å². The Morgan fingerprint density at radius 2 is 2.15 bits per heavy atom. The maximum atomic E-state index is 11.7. The van der Waals surface area contributed by atoms with E-state index in [1.54, 1.807) is 6.07 Å². The van der Waals surface area contributed by atoms with Gasteiger partial charge in [-0.05, 0) is 18.1 Å². The fraction of sp³-hybridized carbons (Fsp3) is 0.286. The summed E-state index contributed by atoms with van der Waals surface area (Å²) in [5.41, 5.74) is 5.75. The number of methoxy groups -OCH3 is 1. The van der Waals surface area contributed by atoms with E-state index in [0.29, 0.717) is 5.56 Å². The minimum Gasteiger partial charge on any atom is -0.473 e. The van der Waals surface area contributed by atoms with Gasteiger partial charge in [-0.25, -0.2) is 4.79 Å². The zero-order chi connectivity index (χ0) is 14.3. The van der Waals surface area contributed by atoms with Crippen LogP contribution in [0.1, 0.15) is 28.4 Å². The Morgan fingerprint density at radius 1 is 1.45 bits per heavy atom. The third kappa shape index (κ3) is 5.73. The third-order valence-corrected chi connectivity index (χ3v) is 2.70. The smallest absolute Gasteiger partial charge is 0.473 e. The summed E-state index contributed by atoms with van der Waals surface area (Å²) >= 11 is 0. The molecule has 1 rings (SSSR count). The summed E-state index contributed by atoms with van der Waals surface area (Å²) in [6.07, 6.45) is 3.71. The van der Waals surface area contributed by atoms with E-state index in [1.807, 2.05) is 19.1 Å². The molecule has 0 fully saturated rings. The fourth-order valence-corrected chi connectivity index (χ4v) is 1.74. The second kappa shape index (κ2) is 10.6. The van der Waals surface area contributed by atoms with Crippen LogP contribution >= 0.6 is 0 Å². The van der Waals surface area contributed by atoms with Crippen molar-refractivity contribution in [2.75, 3.05) is 7.11 Å². The van der Waals surface area contributed by atoms with Crippen LogP contribution in [0.25, 0.3) is 0 Å². The minimum absolute atomic E-state index is 0. The standard InChI is InChI=1S/C14H18N2O3.Cs/c1-3-10-5-4-6-11(14(17)18-2)12(10)9-19-13(16)7-8-15;/h4-8,16H,3,9,15H2,1-2H3;/q;+1/p+1/b8-7-,16-13?;. The molecule has 0 saturated carbocycles. The van der Waals surface area contributed by atoms with Crippen molar-refractivity contribution >= 4 is 11.9 Å². The van der Waals surface area contributed by atoms with E-state index in [0.717, 1.165) is 17.5 Å². The summed E-state index contributed by atoms with van der Waals surface area (Å²) in [6, 6.07) is 5.45. The quantitative estimate of drug-likeness (QED) is 0.353. The van der Waals surface area contributed by atoms with E-state index in [-0.39, 0.29) is 81.4 Å². The molecule has 0 heterocycles. The Morgan fingerprint density at radius 3 is 2.70 bits per heavy atom. The van der Waals surface area contributed by atoms with Gasteiger partial charge in [0.15, 0.2) is 0 Å². The van der Waals surface area contributed by atoms with Gasteiger partial charge in [0.05, 0.1) is 24.9 Å². The van der Waals surface area contributed by atoms with Crippen molar-refractivity contribution in [3.05, 3.63) is 47.2 Å². The normalized spacial score (nSPS) is 9.95. The number of nitrogens with one attached hydrogen (secondary N) is 1. The van der Waals surface area contributed by atoms with Crippen LogP contribution in [0.4, 0.5) is 0 Å². The van der Waals surface area contributed by atoms with Crippen LogP contribution in [0.15, 0.2) is 30.5 Å². The van der Waals surface area contributed by atoms with Gasteiger partial charge in [0.25, 0.3) is 0 Å². The average molecular weight is 396 g/mol. The number of esters is 1. The first-order valence-corrected chi connectivity index (χ1v) is 6.00. The Bertz CT molecular complexity index is 501. The maximum Gasteiger partial charge on any atom is 1.00 e. The number of hydrogen-bond acceptors (Lipinski definition) is 4. The van der Waals surface area contributed by atoms with Crippen molar-refractivity contribution < 1.29 is 88.9 Å². The largest absolute Gasteiger partial charge is 1.00 e. The number of quaternary nitrogens is 1. The SMILES string of the molecule is CCc1cccc(C(=O)OC)c1COC(=N)/C=C\[NH3+].[Cs+]. The van der Waals surface area contributed by atoms with E-state index in [4.69, 9.17) is 14.9 Å². The molecular weight excluding hydrogens is 377 g/mol. The van der Waals surface area contributed by atoms with Gasteiger partial charge in [-0.1, -0.05) is 19.1 Å². The summed E-state index contributed by atoms with van der Waals surface area (Å²) in [5, 5.41) is 7.52. The van der Waals surface area contributed by atoms with Crippen LogP contribution in [0.5, 0.6) is 0 Å². The summed E-state index contributed by atoms with van der Waals surface area (Å²) in [6.45, 7) is 2.17. The molecule has 0 aliphatic heterocycles. The molecule has 0 radical (unpaired) electrons. The van der Waals surface area contributed by atoms with Crippen LogP contribution in [0.2, 0.25) is 0 Å². The zero-order valence-electron chi connectivity index (χ0n) is 12.2. The van der Waals surface area contributed by atoms with Gasteiger partial charge < -0.3 is 15.2 Å². The second-order valence-corrected chi connectivity index (χ2v) is 3.84. The number of benzene rings is 1. The second-order valence-electron chi connectivity index (χ2n) is 3.84. The van der Waals surface area contributed by atoms with Gasteiger partial charge in [0.1, 0.15) is 6.61 Å². The number of rotatable bonds is 5. The van der Waals surface area contributed by atoms with Gasteiger partial charge in [-0.2, -0.15) is 0 Å². The predicted octanol–water partition coefficient (Wildman–Crippen LogP) is -1.71. The van der Waals surface area contributed by atoms with E-state index in [9.17, 15) is 4.79 Å². The molecule has 4 N–H and O–H groups in total. The van der Waals surface area contributed by atoms with E-state index in [1.165, 1.54) is 19.4 Å². The van der Waals surface area contributed by atoms with Crippen molar-refractivity contribution in [1.82, 2.24) is 0 Å². The monoisotopic (exact) mass is 396 g/mol. The first-order chi connectivity index (χ1) is 9.13. The third-order valence-electron chi connectivity index (χ3n) is 2.70. The Kier molecular flexibility index (Phi) is 10.6. The fourth-order valence-electron chi connectivity index (χ4n) is 1.74. The van der Waals surface area contributed by atoms with E-state index in [2.05, 4.69) is 5.73 Å². The molecule has 0 unspecified atom stereocenters. The van der Waals surface area contributed by atoms with Crippen LogP contribution in [-0.4, -0.2) is 19.0 Å². The zero-order valence-corrected chi connectivity index (χ0v) is 18.5. The van der Waals surface area contributed by atoms with Crippen molar-refractivity contribution in [1.29, 1.82) is 5.41 Å². The van der Waals surface area contributed by atoms with Crippen molar-refractivity contribution in [2.45, 2.75) is 20.0 Å². The number of carbonyl (C=O) groups excluding carboxylic acids is 1. The predicted molar refractivity (Wildman–Crippen MR) is 71.7 cm³/mol. The molecule has 0 bridgehead atoms. The topological polar surface area (TPSA) is 87.0 Å². The first kappa shape index (κ1) is 19.9. The maximum absolute atomic E-state index is 11.7. The Hall–Kier alpha value is -0.0881. The summed E-state index contributed by atoms with van der Waals surface area (Å²) < 4.78 is 10.1. The number of carbonyl (C=O) groups is 1. The molecule has 102 valence electrons. The number of hydrogen-bond donors (Lipinski definition) is 2. The van der Waals surface area contributed by atoms with Crippen LogP contribution < -0.4 is 74.6 Å². The van der Waals surface area contributed by atoms with E-state index < -0.39 is 5.97 Å². The van der Waals surface area contributed by atoms with Gasteiger partial charge in [0.2, 0.25) is 5.90 Å². The van der Waals surface area contributed by atoms with E-state index >= 15 is 0 Å². The average Bonchev–Trinajstić information content (AvgIpc) is 2.44. The summed E-state index contributed by atoms with van der Waals surface area (Å²) in [7, 11) is 1.35. The van der Waals surface area contributed by atoms with Crippen molar-refractivity contribution in [3.63, 3.8) is 0 Å². The summed E-state index contributed by atoms with van der Waals surface area (Å²) in [5.74, 6) is -0.384. The molecule has 1 aromatic rings. The minimum atomic E-state index is -0.395. The molecular formula is C14H19CsN2O3+2. The molecule has 0 saturated heterocycles. The molecule has 20 heavy (non-hydrogen) atoms. The molecule has 0 spiro atoms. The summed E-state index contributed by atoms with van der Waals surface area (Å²) in [4.78, 5) is 11.7. The van der Waals surface area contributed by atoms with Gasteiger partial charge in [-0.3, -0.25) is 5.41 Å². The van der Waals surface area contributed by atoms with Gasteiger partial charge in [0, 0.05) is 5.56 Å². The molecule has 0 amide bonds. The van der Waals surface area contributed by atoms with Crippen LogP contribution in [0.3, 0.4) is 0 Å². The van der Waals surface area contributed by atoms with Gasteiger partial charge in [-0.15, -0.1) is 0 Å². The Balaban J connectivity index is 0.00000361.